The second-order valence-electron chi connectivity index (χ2n) is 7.03. The lowest BCUT2D eigenvalue weighted by atomic mass is 10.1. The van der Waals surface area contributed by atoms with E-state index in [1.165, 1.54) is 6.21 Å². The predicted octanol–water partition coefficient (Wildman–Crippen LogP) is 4.47. The first kappa shape index (κ1) is 22.1. The van der Waals surface area contributed by atoms with Crippen LogP contribution in [-0.2, 0) is 16.1 Å². The van der Waals surface area contributed by atoms with E-state index < -0.39 is 11.8 Å². The summed E-state index contributed by atoms with van der Waals surface area (Å²) >= 11 is 6.10. The highest BCUT2D eigenvalue weighted by Crippen LogP contribution is 2.23. The molecular weight excluding hydrogens is 412 g/mol. The van der Waals surface area contributed by atoms with Crippen molar-refractivity contribution in [2.45, 2.75) is 20.4 Å². The van der Waals surface area contributed by atoms with Crippen molar-refractivity contribution >= 4 is 41.0 Å². The van der Waals surface area contributed by atoms with Gasteiger partial charge in [-0.25, -0.2) is 5.43 Å². The Balaban J connectivity index is 1.61. The fraction of sp³-hybridized carbons (Fsp3) is 0.125. The third-order valence-corrected chi connectivity index (χ3v) is 4.86. The highest BCUT2D eigenvalue weighted by molar-refractivity contribution is 6.35. The first-order valence-electron chi connectivity index (χ1n) is 9.71. The lowest BCUT2D eigenvalue weighted by Gasteiger charge is -2.10. The Morgan fingerprint density at radius 2 is 1.71 bits per heavy atom. The van der Waals surface area contributed by atoms with Crippen LogP contribution in [0.15, 0.2) is 71.8 Å². The van der Waals surface area contributed by atoms with E-state index in [2.05, 4.69) is 21.2 Å². The first-order chi connectivity index (χ1) is 14.9. The number of hydrazone groups is 1. The van der Waals surface area contributed by atoms with E-state index in [-0.39, 0.29) is 6.54 Å². The highest BCUT2D eigenvalue weighted by Gasteiger charge is 2.12. The molecule has 0 radical (unpaired) electrons. The van der Waals surface area contributed by atoms with Crippen molar-refractivity contribution in [2.24, 2.45) is 5.10 Å². The minimum Gasteiger partial charge on any atom is -0.355 e. The summed E-state index contributed by atoms with van der Waals surface area (Å²) in [6, 6.07) is 20.9. The van der Waals surface area contributed by atoms with Crippen LogP contribution in [0.2, 0.25) is 5.02 Å². The van der Waals surface area contributed by atoms with Gasteiger partial charge < -0.3 is 10.6 Å². The van der Waals surface area contributed by atoms with E-state index in [0.29, 0.717) is 10.6 Å². The summed E-state index contributed by atoms with van der Waals surface area (Å²) in [5, 5.41) is 10.3. The maximum Gasteiger partial charge on any atom is 0.329 e. The molecule has 0 aliphatic rings. The van der Waals surface area contributed by atoms with Crippen LogP contribution in [-0.4, -0.2) is 18.0 Å². The van der Waals surface area contributed by atoms with Gasteiger partial charge >= 0.3 is 11.8 Å². The van der Waals surface area contributed by atoms with E-state index >= 15 is 0 Å². The Bertz CT molecular complexity index is 1110. The quantitative estimate of drug-likeness (QED) is 0.304. The Hall–Kier alpha value is -3.64. The molecule has 3 N–H and O–H groups in total. The van der Waals surface area contributed by atoms with Crippen molar-refractivity contribution in [3.63, 3.8) is 0 Å². The number of nitrogens with one attached hydrogen (secondary N) is 3. The Morgan fingerprint density at radius 3 is 2.45 bits per heavy atom. The molecule has 3 aromatic rings. The number of anilines is 2. The normalized spacial score (nSPS) is 10.7. The molecule has 0 heterocycles. The summed E-state index contributed by atoms with van der Waals surface area (Å²) in [6.45, 7) is 4.23. The first-order valence-corrected chi connectivity index (χ1v) is 10.1. The van der Waals surface area contributed by atoms with Crippen LogP contribution in [0.25, 0.3) is 0 Å². The zero-order chi connectivity index (χ0) is 22.2. The number of nitrogens with zero attached hydrogens (tertiary/aromatic N) is 1. The number of rotatable bonds is 6. The number of hydrogen-bond acceptors (Lipinski definition) is 4. The van der Waals surface area contributed by atoms with Crippen LogP contribution in [0, 0.1) is 13.8 Å². The summed E-state index contributed by atoms with van der Waals surface area (Å²) in [5.74, 6) is -1.61. The van der Waals surface area contributed by atoms with E-state index in [4.69, 9.17) is 11.6 Å². The highest BCUT2D eigenvalue weighted by atomic mass is 35.5. The topological polar surface area (TPSA) is 82.6 Å². The second kappa shape index (κ2) is 10.4. The molecule has 2 amide bonds. The van der Waals surface area contributed by atoms with Gasteiger partial charge in [0.15, 0.2) is 0 Å². The van der Waals surface area contributed by atoms with E-state index in [1.54, 1.807) is 12.1 Å². The number of hydrogen-bond donors (Lipinski definition) is 3. The zero-order valence-corrected chi connectivity index (χ0v) is 18.0. The minimum atomic E-state index is -0.847. The van der Waals surface area contributed by atoms with Crippen molar-refractivity contribution < 1.29 is 9.59 Å². The monoisotopic (exact) mass is 434 g/mol. The summed E-state index contributed by atoms with van der Waals surface area (Å²) in [4.78, 5) is 24.1. The van der Waals surface area contributed by atoms with E-state index in [1.807, 2.05) is 68.4 Å². The van der Waals surface area contributed by atoms with Crippen LogP contribution in [0.5, 0.6) is 0 Å². The molecule has 31 heavy (non-hydrogen) atoms. The van der Waals surface area contributed by atoms with Gasteiger partial charge in [-0.3, -0.25) is 9.59 Å². The van der Waals surface area contributed by atoms with Gasteiger partial charge in [0.1, 0.15) is 0 Å². The van der Waals surface area contributed by atoms with Crippen molar-refractivity contribution in [2.75, 3.05) is 5.32 Å². The van der Waals surface area contributed by atoms with Gasteiger partial charge in [0.2, 0.25) is 0 Å². The molecule has 7 heteroatoms. The average Bonchev–Trinajstić information content (AvgIpc) is 2.76. The Kier molecular flexibility index (Phi) is 7.40. The summed E-state index contributed by atoms with van der Waals surface area (Å²) < 4.78 is 0. The van der Waals surface area contributed by atoms with Crippen LogP contribution in [0.1, 0.15) is 22.3 Å². The van der Waals surface area contributed by atoms with Crippen LogP contribution in [0.3, 0.4) is 0 Å². The number of carbonyl (C=O) groups is 2. The van der Waals surface area contributed by atoms with Crippen LogP contribution >= 0.6 is 11.6 Å². The molecule has 0 atom stereocenters. The number of carbonyl (C=O) groups excluding carboxylic acids is 2. The standard InChI is InChI=1S/C24H23ClN4O2/c1-16-7-10-21(11-8-16)28-22-12-9-20(25)13-19(22)15-27-29-24(31)23(30)26-14-18-6-4-3-5-17(18)2/h3-13,15,28H,14H2,1-2H3,(H,26,30)(H,29,31)/b27-15-. The largest absolute Gasteiger partial charge is 0.355 e. The van der Waals surface area contributed by atoms with Crippen molar-refractivity contribution in [1.82, 2.24) is 10.7 Å². The lowest BCUT2D eigenvalue weighted by molar-refractivity contribution is -0.139. The van der Waals surface area contributed by atoms with Gasteiger partial charge in [-0.15, -0.1) is 0 Å². The van der Waals surface area contributed by atoms with Crippen LogP contribution in [0.4, 0.5) is 11.4 Å². The van der Waals surface area contributed by atoms with E-state index in [9.17, 15) is 9.59 Å². The maximum atomic E-state index is 12.0. The summed E-state index contributed by atoms with van der Waals surface area (Å²) in [6.07, 6.45) is 1.44. The average molecular weight is 435 g/mol. The van der Waals surface area contributed by atoms with Crippen molar-refractivity contribution in [3.8, 4) is 0 Å². The zero-order valence-electron chi connectivity index (χ0n) is 17.3. The van der Waals surface area contributed by atoms with Gasteiger partial charge in [0, 0.05) is 28.5 Å². The molecule has 0 saturated heterocycles. The van der Waals surface area contributed by atoms with Gasteiger partial charge in [-0.05, 0) is 55.3 Å². The fourth-order valence-electron chi connectivity index (χ4n) is 2.82. The molecule has 6 nitrogen and oxygen atoms in total. The molecule has 0 aromatic heterocycles. The molecule has 0 fully saturated rings. The molecule has 0 aliphatic heterocycles. The maximum absolute atomic E-state index is 12.0. The van der Waals surface area contributed by atoms with Gasteiger partial charge in [-0.1, -0.05) is 53.6 Å². The summed E-state index contributed by atoms with van der Waals surface area (Å²) in [7, 11) is 0. The van der Waals surface area contributed by atoms with Gasteiger partial charge in [0.05, 0.1) is 6.21 Å². The molecule has 0 aliphatic carbocycles. The number of halogens is 1. The number of benzene rings is 3. The van der Waals surface area contributed by atoms with E-state index in [0.717, 1.165) is 28.1 Å². The van der Waals surface area contributed by atoms with Gasteiger partial charge in [-0.2, -0.15) is 5.10 Å². The molecule has 0 unspecified atom stereocenters. The lowest BCUT2D eigenvalue weighted by Crippen LogP contribution is -2.37. The van der Waals surface area contributed by atoms with Crippen molar-refractivity contribution in [1.29, 1.82) is 0 Å². The Morgan fingerprint density at radius 1 is 0.968 bits per heavy atom. The summed E-state index contributed by atoms with van der Waals surface area (Å²) in [5.41, 5.74) is 7.71. The predicted molar refractivity (Wildman–Crippen MR) is 125 cm³/mol. The number of aryl methyl sites for hydroxylation is 2. The smallest absolute Gasteiger partial charge is 0.329 e. The molecule has 0 saturated carbocycles. The van der Waals surface area contributed by atoms with Gasteiger partial charge in [0.25, 0.3) is 0 Å². The molecule has 158 valence electrons. The third kappa shape index (κ3) is 6.42. The second-order valence-corrected chi connectivity index (χ2v) is 7.47. The minimum absolute atomic E-state index is 0.265. The third-order valence-electron chi connectivity index (χ3n) is 4.62. The SMILES string of the molecule is Cc1ccc(Nc2ccc(Cl)cc2/C=N\NC(=O)C(=O)NCc2ccccc2C)cc1. The fourth-order valence-corrected chi connectivity index (χ4v) is 3.00. The number of amides is 2. The Labute approximate surface area is 186 Å². The molecule has 3 rings (SSSR count). The van der Waals surface area contributed by atoms with Crippen molar-refractivity contribution in [3.05, 3.63) is 94.0 Å². The molecular formula is C24H23ClN4O2. The van der Waals surface area contributed by atoms with Crippen LogP contribution < -0.4 is 16.1 Å². The molecule has 3 aromatic carbocycles. The molecule has 0 spiro atoms. The molecule has 0 bridgehead atoms.